The van der Waals surface area contributed by atoms with Crippen molar-refractivity contribution in [2.75, 3.05) is 30.3 Å². The lowest BCUT2D eigenvalue weighted by atomic mass is 9.92. The van der Waals surface area contributed by atoms with Crippen LogP contribution in [-0.4, -0.2) is 46.3 Å². The van der Waals surface area contributed by atoms with Crippen molar-refractivity contribution in [2.45, 2.75) is 26.4 Å². The van der Waals surface area contributed by atoms with Crippen LogP contribution in [-0.2, 0) is 0 Å². The lowest BCUT2D eigenvalue weighted by molar-refractivity contribution is -0.0706. The van der Waals surface area contributed by atoms with Crippen molar-refractivity contribution in [2.24, 2.45) is 0 Å². The van der Waals surface area contributed by atoms with E-state index in [0.29, 0.717) is 11.3 Å². The standard InChI is InChI=1S/C24H22F3N3O3.C2H6/c1-14-6-9-18(17(26)10-14)29-22-15(7-8-16(25)21(22)27)23(32)30-12-24(33,13-30)11-28-19-4-2-3-5-20(19)31;1-2/h2-10,28-29,31,33H,11-13H2,1H3;1-2H3. The number of β-amino-alcohol motifs (C(OH)–C–C–N with tert-alkyl or cyclic N) is 1. The zero-order chi connectivity index (χ0) is 25.8. The van der Waals surface area contributed by atoms with Crippen LogP contribution in [0.5, 0.6) is 5.75 Å². The Morgan fingerprint density at radius 2 is 1.69 bits per heavy atom. The van der Waals surface area contributed by atoms with Crippen LogP contribution in [0.3, 0.4) is 0 Å². The van der Waals surface area contributed by atoms with Crippen LogP contribution in [0.4, 0.5) is 30.2 Å². The van der Waals surface area contributed by atoms with Crippen molar-refractivity contribution >= 4 is 23.0 Å². The monoisotopic (exact) mass is 487 g/mol. The number of amides is 1. The molecule has 4 rings (SSSR count). The van der Waals surface area contributed by atoms with Gasteiger partial charge in [-0.05, 0) is 48.9 Å². The number of likely N-dealkylation sites (tertiary alicyclic amines) is 1. The first kappa shape index (κ1) is 25.9. The van der Waals surface area contributed by atoms with Crippen molar-refractivity contribution in [3.8, 4) is 5.75 Å². The topological polar surface area (TPSA) is 84.8 Å². The molecule has 3 aromatic rings. The summed E-state index contributed by atoms with van der Waals surface area (Å²) in [4.78, 5) is 14.3. The van der Waals surface area contributed by atoms with E-state index in [4.69, 9.17) is 0 Å². The summed E-state index contributed by atoms with van der Waals surface area (Å²) in [6.07, 6.45) is 0. The highest BCUT2D eigenvalue weighted by Crippen LogP contribution is 2.32. The second-order valence-corrected chi connectivity index (χ2v) is 8.15. The van der Waals surface area contributed by atoms with E-state index in [1.54, 1.807) is 31.2 Å². The van der Waals surface area contributed by atoms with Crippen molar-refractivity contribution in [1.82, 2.24) is 4.90 Å². The number of anilines is 3. The summed E-state index contributed by atoms with van der Waals surface area (Å²) in [5.74, 6) is -3.79. The fraction of sp³-hybridized carbons (Fsp3) is 0.269. The van der Waals surface area contributed by atoms with Gasteiger partial charge in [0.15, 0.2) is 11.6 Å². The van der Waals surface area contributed by atoms with Crippen molar-refractivity contribution < 1.29 is 28.2 Å². The largest absolute Gasteiger partial charge is 0.506 e. The number of nitrogens with one attached hydrogen (secondary N) is 2. The van der Waals surface area contributed by atoms with Crippen LogP contribution >= 0.6 is 0 Å². The van der Waals surface area contributed by atoms with Crippen LogP contribution in [0.1, 0.15) is 29.8 Å². The molecule has 1 saturated heterocycles. The summed E-state index contributed by atoms with van der Waals surface area (Å²) >= 11 is 0. The number of nitrogens with zero attached hydrogens (tertiary/aromatic N) is 1. The van der Waals surface area contributed by atoms with E-state index in [0.717, 1.165) is 12.1 Å². The fourth-order valence-electron chi connectivity index (χ4n) is 3.68. The molecule has 0 radical (unpaired) electrons. The highest BCUT2D eigenvalue weighted by atomic mass is 19.2. The number of para-hydroxylation sites is 2. The fourth-order valence-corrected chi connectivity index (χ4v) is 3.68. The quantitative estimate of drug-likeness (QED) is 0.360. The number of carbonyl (C=O) groups excluding carboxylic acids is 1. The predicted octanol–water partition coefficient (Wildman–Crippen LogP) is 5.19. The predicted molar refractivity (Wildman–Crippen MR) is 130 cm³/mol. The van der Waals surface area contributed by atoms with E-state index in [1.807, 2.05) is 13.8 Å². The van der Waals surface area contributed by atoms with Crippen molar-refractivity contribution in [1.29, 1.82) is 0 Å². The Hall–Kier alpha value is -3.72. The summed E-state index contributed by atoms with van der Waals surface area (Å²) in [6, 6.07) is 12.7. The summed E-state index contributed by atoms with van der Waals surface area (Å²) in [6.45, 7) is 5.61. The highest BCUT2D eigenvalue weighted by Gasteiger charge is 2.44. The molecular formula is C26H28F3N3O3. The second kappa shape index (κ2) is 10.7. The molecule has 0 bridgehead atoms. The molecule has 1 amide bonds. The third-order valence-corrected chi connectivity index (χ3v) is 5.48. The molecule has 0 spiro atoms. The number of benzene rings is 3. The Kier molecular flexibility index (Phi) is 7.91. The van der Waals surface area contributed by atoms with E-state index in [1.165, 1.54) is 23.1 Å². The van der Waals surface area contributed by atoms with Gasteiger partial charge in [-0.1, -0.05) is 32.0 Å². The average Bonchev–Trinajstić information content (AvgIpc) is 2.82. The van der Waals surface area contributed by atoms with Gasteiger partial charge in [-0.2, -0.15) is 0 Å². The summed E-state index contributed by atoms with van der Waals surface area (Å²) in [7, 11) is 0. The van der Waals surface area contributed by atoms with Gasteiger partial charge in [0.05, 0.1) is 35.7 Å². The molecular weight excluding hydrogens is 459 g/mol. The number of halogens is 3. The lowest BCUT2D eigenvalue weighted by Gasteiger charge is -2.46. The minimum Gasteiger partial charge on any atom is -0.506 e. The minimum absolute atomic E-state index is 0.0224. The molecule has 0 atom stereocenters. The van der Waals surface area contributed by atoms with Crippen LogP contribution in [0.15, 0.2) is 54.6 Å². The van der Waals surface area contributed by atoms with Gasteiger partial charge in [0.25, 0.3) is 5.91 Å². The maximum absolute atomic E-state index is 14.6. The summed E-state index contributed by atoms with van der Waals surface area (Å²) < 4.78 is 42.8. The molecule has 4 N–H and O–H groups in total. The van der Waals surface area contributed by atoms with E-state index in [2.05, 4.69) is 10.6 Å². The number of aliphatic hydroxyl groups is 1. The van der Waals surface area contributed by atoms with Crippen molar-refractivity contribution in [3.05, 3.63) is 83.2 Å². The average molecular weight is 488 g/mol. The molecule has 35 heavy (non-hydrogen) atoms. The molecule has 0 aromatic heterocycles. The number of carbonyl (C=O) groups is 1. The van der Waals surface area contributed by atoms with Crippen LogP contribution in [0, 0.1) is 24.4 Å². The first-order valence-corrected chi connectivity index (χ1v) is 11.2. The third-order valence-electron chi connectivity index (χ3n) is 5.48. The molecule has 6 nitrogen and oxygen atoms in total. The van der Waals surface area contributed by atoms with E-state index in [9.17, 15) is 28.2 Å². The first-order chi connectivity index (χ1) is 16.7. The summed E-state index contributed by atoms with van der Waals surface area (Å²) in [5, 5.41) is 25.9. The Morgan fingerprint density at radius 1 is 1.00 bits per heavy atom. The van der Waals surface area contributed by atoms with Gasteiger partial charge in [-0.3, -0.25) is 4.79 Å². The second-order valence-electron chi connectivity index (χ2n) is 8.15. The number of hydrogen-bond donors (Lipinski definition) is 4. The smallest absolute Gasteiger partial charge is 0.256 e. The van der Waals surface area contributed by atoms with Crippen LogP contribution in [0.25, 0.3) is 0 Å². The van der Waals surface area contributed by atoms with Gasteiger partial charge in [0, 0.05) is 6.54 Å². The number of hydrogen-bond acceptors (Lipinski definition) is 5. The molecule has 0 saturated carbocycles. The first-order valence-electron chi connectivity index (χ1n) is 11.2. The van der Waals surface area contributed by atoms with E-state index in [-0.39, 0.29) is 36.6 Å². The number of aryl methyl sites for hydroxylation is 1. The van der Waals surface area contributed by atoms with Gasteiger partial charge in [0.1, 0.15) is 17.2 Å². The Balaban J connectivity index is 0.00000167. The van der Waals surface area contributed by atoms with Crippen molar-refractivity contribution in [3.63, 3.8) is 0 Å². The normalized spacial score (nSPS) is 13.9. The van der Waals surface area contributed by atoms with Gasteiger partial charge >= 0.3 is 0 Å². The molecule has 9 heteroatoms. The maximum atomic E-state index is 14.6. The zero-order valence-electron chi connectivity index (χ0n) is 19.7. The molecule has 1 aliphatic heterocycles. The minimum atomic E-state index is -1.31. The van der Waals surface area contributed by atoms with Gasteiger partial charge in [-0.15, -0.1) is 0 Å². The number of aromatic hydroxyl groups is 1. The molecule has 3 aromatic carbocycles. The Bertz CT molecular complexity index is 1210. The highest BCUT2D eigenvalue weighted by molar-refractivity contribution is 6.01. The Labute approximate surface area is 202 Å². The zero-order valence-corrected chi connectivity index (χ0v) is 19.7. The van der Waals surface area contributed by atoms with E-state index >= 15 is 0 Å². The molecule has 186 valence electrons. The van der Waals surface area contributed by atoms with Gasteiger partial charge < -0.3 is 25.7 Å². The van der Waals surface area contributed by atoms with Gasteiger partial charge in [0.2, 0.25) is 0 Å². The lowest BCUT2D eigenvalue weighted by Crippen LogP contribution is -2.66. The van der Waals surface area contributed by atoms with E-state index < -0.39 is 34.6 Å². The molecule has 0 unspecified atom stereocenters. The number of phenols is 1. The van der Waals surface area contributed by atoms with Crippen LogP contribution in [0.2, 0.25) is 0 Å². The molecule has 1 aliphatic rings. The summed E-state index contributed by atoms with van der Waals surface area (Å²) in [5.41, 5.74) is -0.969. The Morgan fingerprint density at radius 3 is 2.34 bits per heavy atom. The third kappa shape index (κ3) is 5.68. The van der Waals surface area contributed by atoms with Crippen LogP contribution < -0.4 is 10.6 Å². The maximum Gasteiger partial charge on any atom is 0.256 e. The number of phenolic OH excluding ortho intramolecular Hbond substituents is 1. The molecule has 1 fully saturated rings. The number of rotatable bonds is 6. The molecule has 0 aliphatic carbocycles. The van der Waals surface area contributed by atoms with Gasteiger partial charge in [-0.25, -0.2) is 13.2 Å². The SMILES string of the molecule is CC.Cc1ccc(Nc2c(C(=O)N3CC(O)(CNc4ccccc4O)C3)ccc(F)c2F)c(F)c1. The molecule has 1 heterocycles.